The lowest BCUT2D eigenvalue weighted by atomic mass is 9.91. The van der Waals surface area contributed by atoms with Crippen LogP contribution in [0.2, 0.25) is 0 Å². The maximum atomic E-state index is 13.7. The predicted molar refractivity (Wildman–Crippen MR) is 178 cm³/mol. The first-order valence-corrected chi connectivity index (χ1v) is 17.5. The molecule has 0 bridgehead atoms. The Labute approximate surface area is 287 Å². The number of carbonyl (C=O) groups excluding carboxylic acids is 2. The van der Waals surface area contributed by atoms with E-state index in [2.05, 4.69) is 19.2 Å². The van der Waals surface area contributed by atoms with Crippen molar-refractivity contribution in [2.24, 2.45) is 0 Å². The van der Waals surface area contributed by atoms with Gasteiger partial charge >= 0.3 is 5.97 Å². The fraction of sp³-hybridized carbons (Fsp3) is 0.667. The van der Waals surface area contributed by atoms with Crippen molar-refractivity contribution in [3.63, 3.8) is 0 Å². The summed E-state index contributed by atoms with van der Waals surface area (Å²) < 4.78 is 30.3. The van der Waals surface area contributed by atoms with Crippen molar-refractivity contribution in [3.05, 3.63) is 53.1 Å². The molecule has 8 atom stereocenters. The van der Waals surface area contributed by atoms with Crippen LogP contribution in [0, 0.1) is 0 Å². The van der Waals surface area contributed by atoms with Crippen LogP contribution < -0.4 is 5.32 Å². The highest BCUT2D eigenvalue weighted by Gasteiger charge is 2.52. The molecule has 1 aromatic carbocycles. The van der Waals surface area contributed by atoms with E-state index < -0.39 is 67.4 Å². The van der Waals surface area contributed by atoms with Crippen LogP contribution in [-0.4, -0.2) is 119 Å². The molecule has 2 aliphatic heterocycles. The molecule has 0 aromatic heterocycles. The van der Waals surface area contributed by atoms with E-state index in [0.717, 1.165) is 38.5 Å². The SMILES string of the molecule is CCCCCC1(CCCCC)OC2C=C(C(=O)NCCO)CC(OC(=O)c3ccccc3C=CCOC3OC(CO)C(O)C(O)C3O)C2O1. The van der Waals surface area contributed by atoms with Crippen molar-refractivity contribution < 1.29 is 58.8 Å². The van der Waals surface area contributed by atoms with E-state index in [1.807, 2.05) is 0 Å². The normalized spacial score (nSPS) is 29.4. The molecule has 2 fully saturated rings. The molecule has 0 spiro atoms. The van der Waals surface area contributed by atoms with Crippen LogP contribution in [-0.2, 0) is 28.5 Å². The van der Waals surface area contributed by atoms with Gasteiger partial charge in [-0.1, -0.05) is 69.9 Å². The molecule has 3 aliphatic rings. The van der Waals surface area contributed by atoms with E-state index in [-0.39, 0.29) is 37.6 Å². The smallest absolute Gasteiger partial charge is 0.339 e. The van der Waals surface area contributed by atoms with Gasteiger partial charge in [0.2, 0.25) is 5.91 Å². The van der Waals surface area contributed by atoms with Gasteiger partial charge in [-0.05, 0) is 30.5 Å². The minimum Gasteiger partial charge on any atom is -0.456 e. The Hall–Kier alpha value is -2.72. The van der Waals surface area contributed by atoms with Gasteiger partial charge in [0, 0.05) is 31.4 Å². The number of hydrogen-bond donors (Lipinski definition) is 6. The van der Waals surface area contributed by atoms with Crippen LogP contribution in [0.1, 0.15) is 87.6 Å². The molecule has 2 saturated heterocycles. The summed E-state index contributed by atoms with van der Waals surface area (Å²) in [5, 5.41) is 51.6. The highest BCUT2D eigenvalue weighted by Crippen LogP contribution is 2.43. The first-order valence-electron chi connectivity index (χ1n) is 17.5. The largest absolute Gasteiger partial charge is 0.456 e. The summed E-state index contributed by atoms with van der Waals surface area (Å²) in [7, 11) is 0. The molecule has 13 heteroatoms. The van der Waals surface area contributed by atoms with Crippen molar-refractivity contribution in [1.82, 2.24) is 5.32 Å². The molecule has 0 saturated carbocycles. The highest BCUT2D eigenvalue weighted by molar-refractivity contribution is 5.95. The molecule has 1 aromatic rings. The van der Waals surface area contributed by atoms with Gasteiger partial charge in [-0.2, -0.15) is 0 Å². The fourth-order valence-electron chi connectivity index (χ4n) is 6.44. The summed E-state index contributed by atoms with van der Waals surface area (Å²) >= 11 is 0. The summed E-state index contributed by atoms with van der Waals surface area (Å²) in [5.74, 6) is -1.83. The Morgan fingerprint density at radius 2 is 1.69 bits per heavy atom. The maximum absolute atomic E-state index is 13.7. The van der Waals surface area contributed by atoms with Crippen LogP contribution in [0.4, 0.5) is 0 Å². The lowest BCUT2D eigenvalue weighted by Crippen LogP contribution is -2.59. The molecule has 13 nitrogen and oxygen atoms in total. The summed E-state index contributed by atoms with van der Waals surface area (Å²) in [5.41, 5.74) is 1.18. The molecule has 0 radical (unpaired) electrons. The molecule has 8 unspecified atom stereocenters. The van der Waals surface area contributed by atoms with Gasteiger partial charge in [0.15, 0.2) is 12.1 Å². The average Bonchev–Trinajstić information content (AvgIpc) is 3.48. The van der Waals surface area contributed by atoms with E-state index in [1.54, 1.807) is 42.5 Å². The molecule has 1 aliphatic carbocycles. The summed E-state index contributed by atoms with van der Waals surface area (Å²) in [4.78, 5) is 26.8. The number of carbonyl (C=O) groups is 2. The Bertz CT molecular complexity index is 1260. The van der Waals surface area contributed by atoms with Crippen LogP contribution in [0.5, 0.6) is 0 Å². The third kappa shape index (κ3) is 10.2. The molecule has 4 rings (SSSR count). The Balaban J connectivity index is 1.49. The van der Waals surface area contributed by atoms with Gasteiger partial charge in [-0.3, -0.25) is 4.79 Å². The number of aliphatic hydroxyl groups is 5. The van der Waals surface area contributed by atoms with Gasteiger partial charge < -0.3 is 54.5 Å². The topological polar surface area (TPSA) is 193 Å². The van der Waals surface area contributed by atoms with Crippen LogP contribution >= 0.6 is 0 Å². The van der Waals surface area contributed by atoms with Gasteiger partial charge in [-0.25, -0.2) is 4.79 Å². The second-order valence-corrected chi connectivity index (χ2v) is 12.8. The van der Waals surface area contributed by atoms with Crippen molar-refractivity contribution in [2.75, 3.05) is 26.4 Å². The molecule has 1 amide bonds. The van der Waals surface area contributed by atoms with Gasteiger partial charge in [0.25, 0.3) is 0 Å². The van der Waals surface area contributed by atoms with Gasteiger partial charge in [0.05, 0.1) is 25.4 Å². The number of esters is 1. The molecule has 2 heterocycles. The number of hydrogen-bond acceptors (Lipinski definition) is 12. The van der Waals surface area contributed by atoms with E-state index in [0.29, 0.717) is 24.0 Å². The standard InChI is InChI=1S/C36H53NO12/c1-3-5-9-15-36(16-10-6-4-2)48-27-21-24(33(43)37-17-18-38)20-26(32(27)49-36)46-34(44)25-14-8-7-12-23(25)13-11-19-45-35-31(42)30(41)29(40)28(22-39)47-35/h7-8,11-14,21,26-32,35,38-42H,3-6,9-10,15-20,22H2,1-2H3,(H,37,43). The first kappa shape index (κ1) is 39.1. The number of nitrogens with one attached hydrogen (secondary N) is 1. The lowest BCUT2D eigenvalue weighted by Gasteiger charge is -2.39. The van der Waals surface area contributed by atoms with E-state index in [9.17, 15) is 35.1 Å². The van der Waals surface area contributed by atoms with Crippen LogP contribution in [0.3, 0.4) is 0 Å². The zero-order valence-corrected chi connectivity index (χ0v) is 28.4. The minimum atomic E-state index is -1.56. The third-order valence-electron chi connectivity index (χ3n) is 9.13. The van der Waals surface area contributed by atoms with Gasteiger partial charge in [-0.15, -0.1) is 0 Å². The number of fused-ring (bicyclic) bond motifs is 1. The van der Waals surface area contributed by atoms with Gasteiger partial charge in [0.1, 0.15) is 42.7 Å². The number of benzene rings is 1. The second-order valence-electron chi connectivity index (χ2n) is 12.8. The van der Waals surface area contributed by atoms with Crippen molar-refractivity contribution >= 4 is 18.0 Å². The Kier molecular flexibility index (Phi) is 15.2. The Morgan fingerprint density at radius 1 is 0.980 bits per heavy atom. The summed E-state index contributed by atoms with van der Waals surface area (Å²) in [6.07, 6.45) is 3.46. The zero-order valence-electron chi connectivity index (χ0n) is 28.4. The zero-order chi connectivity index (χ0) is 35.4. The monoisotopic (exact) mass is 691 g/mol. The predicted octanol–water partition coefficient (Wildman–Crippen LogP) is 2.12. The van der Waals surface area contributed by atoms with Crippen LogP contribution in [0.25, 0.3) is 6.08 Å². The Morgan fingerprint density at radius 3 is 2.37 bits per heavy atom. The number of aliphatic hydroxyl groups excluding tert-OH is 5. The van der Waals surface area contributed by atoms with E-state index in [1.165, 1.54) is 0 Å². The quantitative estimate of drug-likeness (QED) is 0.0972. The molecule has 6 N–H and O–H groups in total. The third-order valence-corrected chi connectivity index (χ3v) is 9.13. The first-order chi connectivity index (χ1) is 23.7. The molecule has 49 heavy (non-hydrogen) atoms. The van der Waals surface area contributed by atoms with E-state index in [4.69, 9.17) is 23.7 Å². The summed E-state index contributed by atoms with van der Waals surface area (Å²) in [6, 6.07) is 6.81. The minimum absolute atomic E-state index is 0.0844. The molecule has 274 valence electrons. The number of rotatable bonds is 18. The lowest BCUT2D eigenvalue weighted by molar-refractivity contribution is -0.298. The fourth-order valence-corrected chi connectivity index (χ4v) is 6.44. The van der Waals surface area contributed by atoms with Crippen molar-refractivity contribution in [3.8, 4) is 0 Å². The van der Waals surface area contributed by atoms with Crippen LogP contribution in [0.15, 0.2) is 42.0 Å². The highest BCUT2D eigenvalue weighted by atomic mass is 16.8. The summed E-state index contributed by atoms with van der Waals surface area (Å²) in [6.45, 7) is 3.49. The maximum Gasteiger partial charge on any atom is 0.339 e. The van der Waals surface area contributed by atoms with Crippen molar-refractivity contribution in [1.29, 1.82) is 0 Å². The second kappa shape index (κ2) is 19.0. The molecular weight excluding hydrogens is 638 g/mol. The number of amides is 1. The van der Waals surface area contributed by atoms with Crippen molar-refractivity contribution in [2.45, 2.75) is 126 Å². The number of unbranched alkanes of at least 4 members (excludes halogenated alkanes) is 4. The number of ether oxygens (including phenoxy) is 5. The molecular formula is C36H53NO12. The van der Waals surface area contributed by atoms with E-state index >= 15 is 0 Å². The average molecular weight is 692 g/mol.